The Kier molecular flexibility index (Phi) is 3.60. The van der Waals surface area contributed by atoms with E-state index in [2.05, 4.69) is 42.7 Å². The van der Waals surface area contributed by atoms with Gasteiger partial charge in [0.05, 0.1) is 6.33 Å². The van der Waals surface area contributed by atoms with Crippen molar-refractivity contribution in [3.63, 3.8) is 0 Å². The first kappa shape index (κ1) is 11.6. The third kappa shape index (κ3) is 2.44. The van der Waals surface area contributed by atoms with Crippen molar-refractivity contribution in [1.29, 1.82) is 0 Å². The zero-order chi connectivity index (χ0) is 11.5. The SMILES string of the molecule is CN1CCCN(c2nc[nH]c(=O)c2Br)CC1. The summed E-state index contributed by atoms with van der Waals surface area (Å²) in [6.07, 6.45) is 2.55. The highest BCUT2D eigenvalue weighted by Gasteiger charge is 2.17. The number of rotatable bonds is 1. The average Bonchev–Trinajstić information content (AvgIpc) is 2.47. The van der Waals surface area contributed by atoms with Gasteiger partial charge in [0.15, 0.2) is 0 Å². The molecule has 0 amide bonds. The number of anilines is 1. The van der Waals surface area contributed by atoms with Crippen LogP contribution in [0.5, 0.6) is 0 Å². The molecule has 0 unspecified atom stereocenters. The molecule has 1 fully saturated rings. The van der Waals surface area contributed by atoms with Crippen LogP contribution in [0.3, 0.4) is 0 Å². The minimum Gasteiger partial charge on any atom is -0.354 e. The largest absolute Gasteiger partial charge is 0.354 e. The number of hydrogen-bond acceptors (Lipinski definition) is 4. The maximum atomic E-state index is 11.5. The lowest BCUT2D eigenvalue weighted by atomic mass is 10.4. The summed E-state index contributed by atoms with van der Waals surface area (Å²) >= 11 is 3.29. The fourth-order valence-electron chi connectivity index (χ4n) is 1.85. The average molecular weight is 287 g/mol. The third-order valence-electron chi connectivity index (χ3n) is 2.80. The quantitative estimate of drug-likeness (QED) is 0.825. The second-order valence-corrected chi connectivity index (χ2v) is 4.81. The number of aromatic amines is 1. The zero-order valence-electron chi connectivity index (χ0n) is 9.24. The fourth-order valence-corrected chi connectivity index (χ4v) is 2.32. The summed E-state index contributed by atoms with van der Waals surface area (Å²) in [6.45, 7) is 3.95. The minimum absolute atomic E-state index is 0.123. The topological polar surface area (TPSA) is 52.2 Å². The highest BCUT2D eigenvalue weighted by atomic mass is 79.9. The van der Waals surface area contributed by atoms with E-state index in [1.807, 2.05) is 0 Å². The normalized spacial score (nSPS) is 18.5. The van der Waals surface area contributed by atoms with Crippen molar-refractivity contribution >= 4 is 21.7 Å². The number of likely N-dealkylation sites (N-methyl/N-ethyl adjacent to an activating group) is 1. The Morgan fingerprint density at radius 1 is 1.38 bits per heavy atom. The van der Waals surface area contributed by atoms with E-state index < -0.39 is 0 Å². The molecule has 1 aliphatic rings. The first-order valence-electron chi connectivity index (χ1n) is 5.35. The molecule has 1 aromatic heterocycles. The van der Waals surface area contributed by atoms with E-state index in [1.54, 1.807) is 0 Å². The smallest absolute Gasteiger partial charge is 0.267 e. The van der Waals surface area contributed by atoms with Gasteiger partial charge in [0.25, 0.3) is 5.56 Å². The Labute approximate surface area is 103 Å². The Morgan fingerprint density at radius 3 is 3.00 bits per heavy atom. The third-order valence-corrected chi connectivity index (χ3v) is 3.51. The van der Waals surface area contributed by atoms with Gasteiger partial charge in [-0.25, -0.2) is 4.98 Å². The van der Waals surface area contributed by atoms with Gasteiger partial charge >= 0.3 is 0 Å². The van der Waals surface area contributed by atoms with E-state index >= 15 is 0 Å². The molecule has 0 bridgehead atoms. The number of halogens is 1. The zero-order valence-corrected chi connectivity index (χ0v) is 10.8. The standard InChI is InChI=1S/C10H15BrN4O/c1-14-3-2-4-15(6-5-14)9-8(11)10(16)13-7-12-9/h7H,2-6H2,1H3,(H,12,13,16). The Morgan fingerprint density at radius 2 is 2.19 bits per heavy atom. The molecule has 5 nitrogen and oxygen atoms in total. The van der Waals surface area contributed by atoms with Crippen LogP contribution in [0.4, 0.5) is 5.82 Å². The van der Waals surface area contributed by atoms with Gasteiger partial charge < -0.3 is 14.8 Å². The van der Waals surface area contributed by atoms with Crippen LogP contribution in [-0.4, -0.2) is 48.1 Å². The second kappa shape index (κ2) is 4.97. The van der Waals surface area contributed by atoms with Crippen molar-refractivity contribution in [2.45, 2.75) is 6.42 Å². The molecule has 0 aromatic carbocycles. The van der Waals surface area contributed by atoms with E-state index in [9.17, 15) is 4.79 Å². The number of H-pyrrole nitrogens is 1. The van der Waals surface area contributed by atoms with E-state index in [1.165, 1.54) is 6.33 Å². The first-order chi connectivity index (χ1) is 7.68. The Bertz CT molecular complexity index is 420. The van der Waals surface area contributed by atoms with Crippen LogP contribution in [0.1, 0.15) is 6.42 Å². The molecule has 0 aliphatic carbocycles. The fraction of sp³-hybridized carbons (Fsp3) is 0.600. The highest BCUT2D eigenvalue weighted by molar-refractivity contribution is 9.10. The summed E-state index contributed by atoms with van der Waals surface area (Å²) in [5, 5.41) is 0. The number of hydrogen-bond donors (Lipinski definition) is 1. The van der Waals surface area contributed by atoms with Crippen LogP contribution in [0, 0.1) is 0 Å². The first-order valence-corrected chi connectivity index (χ1v) is 6.14. The van der Waals surface area contributed by atoms with Gasteiger partial charge in [-0.15, -0.1) is 0 Å². The lowest BCUT2D eigenvalue weighted by molar-refractivity contribution is 0.360. The van der Waals surface area contributed by atoms with Gasteiger partial charge in [0, 0.05) is 19.6 Å². The molecule has 0 atom stereocenters. The van der Waals surface area contributed by atoms with Crippen LogP contribution < -0.4 is 10.5 Å². The van der Waals surface area contributed by atoms with Crippen LogP contribution >= 0.6 is 15.9 Å². The van der Waals surface area contributed by atoms with Crippen LogP contribution in [-0.2, 0) is 0 Å². The number of aromatic nitrogens is 2. The molecule has 1 aliphatic heterocycles. The Hall–Kier alpha value is -0.880. The monoisotopic (exact) mass is 286 g/mol. The molecule has 2 heterocycles. The van der Waals surface area contributed by atoms with Crippen molar-refractivity contribution in [2.75, 3.05) is 38.1 Å². The predicted octanol–water partition coefficient (Wildman–Crippen LogP) is 0.674. The van der Waals surface area contributed by atoms with Crippen LogP contribution in [0.25, 0.3) is 0 Å². The van der Waals surface area contributed by atoms with Crippen molar-refractivity contribution in [2.24, 2.45) is 0 Å². The number of nitrogens with zero attached hydrogens (tertiary/aromatic N) is 3. The maximum Gasteiger partial charge on any atom is 0.267 e. The highest BCUT2D eigenvalue weighted by Crippen LogP contribution is 2.19. The molecule has 88 valence electrons. The molecule has 0 radical (unpaired) electrons. The predicted molar refractivity (Wildman–Crippen MR) is 66.9 cm³/mol. The van der Waals surface area contributed by atoms with Gasteiger partial charge in [-0.3, -0.25) is 4.79 Å². The van der Waals surface area contributed by atoms with Crippen molar-refractivity contribution in [3.05, 3.63) is 21.2 Å². The minimum atomic E-state index is -0.123. The van der Waals surface area contributed by atoms with E-state index in [-0.39, 0.29) is 5.56 Å². The van der Waals surface area contributed by atoms with Gasteiger partial charge in [-0.2, -0.15) is 0 Å². The molecule has 1 saturated heterocycles. The van der Waals surface area contributed by atoms with E-state index in [0.717, 1.165) is 38.4 Å². The van der Waals surface area contributed by atoms with Crippen molar-refractivity contribution in [1.82, 2.24) is 14.9 Å². The molecular formula is C10H15BrN4O. The summed E-state index contributed by atoms with van der Waals surface area (Å²) in [7, 11) is 2.11. The Balaban J connectivity index is 2.23. The molecule has 1 aromatic rings. The molecule has 1 N–H and O–H groups in total. The van der Waals surface area contributed by atoms with E-state index in [4.69, 9.17) is 0 Å². The second-order valence-electron chi connectivity index (χ2n) is 4.01. The molecule has 0 saturated carbocycles. The number of nitrogens with one attached hydrogen (secondary N) is 1. The van der Waals surface area contributed by atoms with Gasteiger partial charge in [0.2, 0.25) is 0 Å². The van der Waals surface area contributed by atoms with Gasteiger partial charge in [-0.05, 0) is 35.9 Å². The van der Waals surface area contributed by atoms with Crippen molar-refractivity contribution in [3.8, 4) is 0 Å². The van der Waals surface area contributed by atoms with Crippen LogP contribution in [0.2, 0.25) is 0 Å². The van der Waals surface area contributed by atoms with Gasteiger partial charge in [0.1, 0.15) is 10.3 Å². The molecule has 2 rings (SSSR count). The summed E-state index contributed by atoms with van der Waals surface area (Å²) in [4.78, 5) is 22.7. The van der Waals surface area contributed by atoms with Crippen molar-refractivity contribution < 1.29 is 0 Å². The van der Waals surface area contributed by atoms with Gasteiger partial charge in [-0.1, -0.05) is 0 Å². The summed E-state index contributed by atoms with van der Waals surface area (Å²) in [6, 6.07) is 0. The lowest BCUT2D eigenvalue weighted by Crippen LogP contribution is -2.31. The molecule has 0 spiro atoms. The maximum absolute atomic E-state index is 11.5. The summed E-state index contributed by atoms with van der Waals surface area (Å²) in [5.41, 5.74) is -0.123. The summed E-state index contributed by atoms with van der Waals surface area (Å²) < 4.78 is 0.527. The molecule has 6 heteroatoms. The molecule has 16 heavy (non-hydrogen) atoms. The summed E-state index contributed by atoms with van der Waals surface area (Å²) in [5.74, 6) is 0.749. The van der Waals surface area contributed by atoms with E-state index in [0.29, 0.717) is 4.47 Å². The lowest BCUT2D eigenvalue weighted by Gasteiger charge is -2.21. The van der Waals surface area contributed by atoms with Crippen LogP contribution in [0.15, 0.2) is 15.6 Å². The molecular weight excluding hydrogens is 272 g/mol.